The molecule has 8 aromatic carbocycles. The Bertz CT molecular complexity index is 2810. The van der Waals surface area contributed by atoms with Gasteiger partial charge in [-0.2, -0.15) is 0 Å². The fraction of sp³-hybridized carbons (Fsp3) is 0. The molecule has 0 saturated carbocycles. The number of rotatable bonds is 5. The number of furan rings is 2. The molecule has 2 aromatic heterocycles. The van der Waals surface area contributed by atoms with E-state index in [1.54, 1.807) is 0 Å². The zero-order valence-electron chi connectivity index (χ0n) is 26.5. The van der Waals surface area contributed by atoms with Crippen LogP contribution in [0.25, 0.3) is 76.9 Å². The second-order valence-corrected chi connectivity index (χ2v) is 12.5. The van der Waals surface area contributed by atoms with Gasteiger partial charge >= 0.3 is 0 Å². The fourth-order valence-electron chi connectivity index (χ4n) is 7.39. The largest absolute Gasteiger partial charge is 0.456 e. The number of hydrogen-bond donors (Lipinski definition) is 0. The summed E-state index contributed by atoms with van der Waals surface area (Å²) in [6.45, 7) is 0. The zero-order chi connectivity index (χ0) is 32.3. The third-order valence-corrected chi connectivity index (χ3v) is 9.66. The summed E-state index contributed by atoms with van der Waals surface area (Å²) in [6, 6.07) is 61.9. The van der Waals surface area contributed by atoms with E-state index >= 15 is 0 Å². The molecular formula is C46H29NO2. The molecule has 0 fully saturated rings. The van der Waals surface area contributed by atoms with Crippen LogP contribution in [0, 0.1) is 0 Å². The van der Waals surface area contributed by atoms with Gasteiger partial charge in [-0.1, -0.05) is 115 Å². The summed E-state index contributed by atoms with van der Waals surface area (Å²) in [5, 5.41) is 6.63. The lowest BCUT2D eigenvalue weighted by Crippen LogP contribution is -2.10. The van der Waals surface area contributed by atoms with Gasteiger partial charge < -0.3 is 13.7 Å². The Kier molecular flexibility index (Phi) is 6.18. The lowest BCUT2D eigenvalue weighted by molar-refractivity contribution is 0.669. The Morgan fingerprint density at radius 3 is 1.78 bits per heavy atom. The number of anilines is 3. The molecule has 0 aliphatic carbocycles. The first-order chi connectivity index (χ1) is 24.3. The van der Waals surface area contributed by atoms with E-state index in [4.69, 9.17) is 8.83 Å². The van der Waals surface area contributed by atoms with Crippen molar-refractivity contribution in [3.63, 3.8) is 0 Å². The smallest absolute Gasteiger partial charge is 0.143 e. The van der Waals surface area contributed by atoms with Crippen LogP contribution in [-0.2, 0) is 0 Å². The summed E-state index contributed by atoms with van der Waals surface area (Å²) >= 11 is 0. The van der Waals surface area contributed by atoms with E-state index < -0.39 is 0 Å². The van der Waals surface area contributed by atoms with E-state index in [2.05, 4.69) is 169 Å². The molecule has 0 atom stereocenters. The highest BCUT2D eigenvalue weighted by molar-refractivity contribution is 6.22. The highest BCUT2D eigenvalue weighted by Gasteiger charge is 2.22. The number of fused-ring (bicyclic) bond motifs is 8. The van der Waals surface area contributed by atoms with Gasteiger partial charge in [-0.25, -0.2) is 0 Å². The van der Waals surface area contributed by atoms with Crippen molar-refractivity contribution in [2.45, 2.75) is 0 Å². The molecule has 230 valence electrons. The van der Waals surface area contributed by atoms with Crippen molar-refractivity contribution in [2.75, 3.05) is 4.90 Å². The van der Waals surface area contributed by atoms with Crippen molar-refractivity contribution in [3.8, 4) is 22.3 Å². The Hall–Kier alpha value is -6.58. The van der Waals surface area contributed by atoms with Gasteiger partial charge in [0.1, 0.15) is 22.3 Å². The lowest BCUT2D eigenvalue weighted by atomic mass is 9.94. The minimum absolute atomic E-state index is 0.851. The van der Waals surface area contributed by atoms with E-state index in [1.807, 2.05) is 12.1 Å². The van der Waals surface area contributed by atoms with E-state index in [9.17, 15) is 0 Å². The Morgan fingerprint density at radius 2 is 0.959 bits per heavy atom. The van der Waals surface area contributed by atoms with Gasteiger partial charge in [0.15, 0.2) is 0 Å². The second kappa shape index (κ2) is 11.0. The Balaban J connectivity index is 1.22. The first kappa shape index (κ1) is 27.5. The standard InChI is InChI=1S/C46H29NO2/c1-3-12-30(13-4-1)31-22-25-34(26-23-31)47(33-14-5-2-6-15-33)41-19-11-21-43-45(41)40-29-39(35-16-7-8-18-38(35)46(40)49-43)32-24-27-37-36-17-9-10-20-42(36)48-44(37)28-32/h1-29H. The van der Waals surface area contributed by atoms with Crippen LogP contribution < -0.4 is 4.90 Å². The molecule has 0 radical (unpaired) electrons. The third kappa shape index (κ3) is 4.44. The molecule has 10 aromatic rings. The van der Waals surface area contributed by atoms with Crippen molar-refractivity contribution in [1.82, 2.24) is 0 Å². The Labute approximate surface area is 282 Å². The van der Waals surface area contributed by atoms with Gasteiger partial charge in [0, 0.05) is 32.9 Å². The van der Waals surface area contributed by atoms with Crippen molar-refractivity contribution >= 4 is 71.7 Å². The number of nitrogens with zero attached hydrogens (tertiary/aromatic N) is 1. The van der Waals surface area contributed by atoms with E-state index in [1.165, 1.54) is 11.1 Å². The average Bonchev–Trinajstić information content (AvgIpc) is 3.74. The molecular weight excluding hydrogens is 599 g/mol. The second-order valence-electron chi connectivity index (χ2n) is 12.5. The van der Waals surface area contributed by atoms with Gasteiger partial charge in [0.05, 0.1) is 11.1 Å². The summed E-state index contributed by atoms with van der Waals surface area (Å²) in [7, 11) is 0. The first-order valence-electron chi connectivity index (χ1n) is 16.6. The maximum Gasteiger partial charge on any atom is 0.143 e. The minimum atomic E-state index is 0.851. The molecule has 0 aliphatic heterocycles. The monoisotopic (exact) mass is 627 g/mol. The first-order valence-corrected chi connectivity index (χ1v) is 16.6. The molecule has 10 rings (SSSR count). The topological polar surface area (TPSA) is 29.5 Å². The molecule has 0 saturated heterocycles. The maximum atomic E-state index is 6.76. The molecule has 0 aliphatic rings. The highest BCUT2D eigenvalue weighted by Crippen LogP contribution is 2.46. The molecule has 49 heavy (non-hydrogen) atoms. The number of para-hydroxylation sites is 2. The van der Waals surface area contributed by atoms with Gasteiger partial charge in [-0.15, -0.1) is 0 Å². The Morgan fingerprint density at radius 1 is 0.347 bits per heavy atom. The van der Waals surface area contributed by atoms with Crippen LogP contribution in [0.2, 0.25) is 0 Å². The third-order valence-electron chi connectivity index (χ3n) is 9.66. The maximum absolute atomic E-state index is 6.76. The van der Waals surface area contributed by atoms with Gasteiger partial charge in [0.2, 0.25) is 0 Å². The van der Waals surface area contributed by atoms with Gasteiger partial charge in [0.25, 0.3) is 0 Å². The highest BCUT2D eigenvalue weighted by atomic mass is 16.3. The molecule has 3 heteroatoms. The van der Waals surface area contributed by atoms with Crippen molar-refractivity contribution in [1.29, 1.82) is 0 Å². The van der Waals surface area contributed by atoms with Crippen LogP contribution in [0.3, 0.4) is 0 Å². The van der Waals surface area contributed by atoms with E-state index in [-0.39, 0.29) is 0 Å². The predicted molar refractivity (Wildman–Crippen MR) is 204 cm³/mol. The summed E-state index contributed by atoms with van der Waals surface area (Å²) in [5.74, 6) is 0. The summed E-state index contributed by atoms with van der Waals surface area (Å²) in [5.41, 5.74) is 11.4. The van der Waals surface area contributed by atoms with Crippen LogP contribution in [0.1, 0.15) is 0 Å². The molecule has 0 unspecified atom stereocenters. The predicted octanol–water partition coefficient (Wildman–Crippen LogP) is 13.4. The van der Waals surface area contributed by atoms with Crippen molar-refractivity contribution in [2.24, 2.45) is 0 Å². The quantitative estimate of drug-likeness (QED) is 0.190. The lowest BCUT2D eigenvalue weighted by Gasteiger charge is -2.26. The minimum Gasteiger partial charge on any atom is -0.456 e. The van der Waals surface area contributed by atoms with Crippen LogP contribution >= 0.6 is 0 Å². The van der Waals surface area contributed by atoms with Gasteiger partial charge in [-0.05, 0) is 88.3 Å². The molecule has 0 amide bonds. The number of benzene rings is 8. The summed E-state index contributed by atoms with van der Waals surface area (Å²) in [6.07, 6.45) is 0. The van der Waals surface area contributed by atoms with Gasteiger partial charge in [-0.3, -0.25) is 0 Å². The molecule has 3 nitrogen and oxygen atoms in total. The van der Waals surface area contributed by atoms with E-state index in [0.717, 1.165) is 82.8 Å². The summed E-state index contributed by atoms with van der Waals surface area (Å²) < 4.78 is 13.1. The van der Waals surface area contributed by atoms with Crippen LogP contribution in [0.5, 0.6) is 0 Å². The number of hydrogen-bond acceptors (Lipinski definition) is 3. The van der Waals surface area contributed by atoms with E-state index in [0.29, 0.717) is 0 Å². The van der Waals surface area contributed by atoms with Crippen LogP contribution in [-0.4, -0.2) is 0 Å². The zero-order valence-corrected chi connectivity index (χ0v) is 26.5. The molecule has 0 spiro atoms. The van der Waals surface area contributed by atoms with Crippen molar-refractivity contribution < 1.29 is 8.83 Å². The average molecular weight is 628 g/mol. The van der Waals surface area contributed by atoms with Crippen LogP contribution in [0.4, 0.5) is 17.1 Å². The molecule has 0 N–H and O–H groups in total. The summed E-state index contributed by atoms with van der Waals surface area (Å²) in [4.78, 5) is 2.33. The fourth-order valence-corrected chi connectivity index (χ4v) is 7.39. The normalized spacial score (nSPS) is 11.7. The van der Waals surface area contributed by atoms with Crippen molar-refractivity contribution in [3.05, 3.63) is 176 Å². The SMILES string of the molecule is c1ccc(-c2ccc(N(c3ccccc3)c3cccc4oc5c6ccccc6c(-c6ccc7c(c6)oc6ccccc67)cc5c34)cc2)cc1. The molecule has 2 heterocycles. The van der Waals surface area contributed by atoms with Crippen LogP contribution in [0.15, 0.2) is 185 Å². The molecule has 0 bridgehead atoms.